The van der Waals surface area contributed by atoms with E-state index in [2.05, 4.69) is 0 Å². The molecule has 0 fully saturated rings. The molecular formula is C10H7FO2. The van der Waals surface area contributed by atoms with Crippen molar-refractivity contribution in [1.82, 2.24) is 0 Å². The molecule has 0 unspecified atom stereocenters. The zero-order valence-electron chi connectivity index (χ0n) is 6.75. The first-order valence-electron chi connectivity index (χ1n) is 3.91. The van der Waals surface area contributed by atoms with Crippen molar-refractivity contribution < 1.29 is 14.3 Å². The largest absolute Gasteiger partial charge is 0.478 e. The molecule has 66 valence electrons. The fourth-order valence-electron chi connectivity index (χ4n) is 1.54. The molecule has 1 aliphatic carbocycles. The Kier molecular flexibility index (Phi) is 1.65. The Hall–Kier alpha value is -1.64. The molecule has 0 bridgehead atoms. The van der Waals surface area contributed by atoms with Gasteiger partial charge in [-0.05, 0) is 23.6 Å². The maximum atomic E-state index is 13.1. The van der Waals surface area contributed by atoms with Crippen molar-refractivity contribution >= 4 is 11.5 Å². The smallest absolute Gasteiger partial charge is 0.335 e. The van der Waals surface area contributed by atoms with Gasteiger partial charge in [-0.1, -0.05) is 18.2 Å². The highest BCUT2D eigenvalue weighted by Crippen LogP contribution is 2.28. The number of carboxylic acids is 1. The van der Waals surface area contributed by atoms with Crippen LogP contribution in [0.15, 0.2) is 24.3 Å². The van der Waals surface area contributed by atoms with E-state index in [4.69, 9.17) is 5.11 Å². The number of aliphatic carboxylic acids is 1. The van der Waals surface area contributed by atoms with Gasteiger partial charge in [0, 0.05) is 0 Å². The molecule has 0 radical (unpaired) electrons. The molecule has 0 saturated carbocycles. The van der Waals surface area contributed by atoms with Crippen LogP contribution < -0.4 is 0 Å². The van der Waals surface area contributed by atoms with Gasteiger partial charge in [-0.2, -0.15) is 0 Å². The van der Waals surface area contributed by atoms with Gasteiger partial charge < -0.3 is 5.11 Å². The molecule has 1 aromatic carbocycles. The molecule has 0 aromatic heterocycles. The highest BCUT2D eigenvalue weighted by atomic mass is 19.1. The molecule has 0 saturated heterocycles. The van der Waals surface area contributed by atoms with Crippen molar-refractivity contribution in [2.24, 2.45) is 0 Å². The summed E-state index contributed by atoms with van der Waals surface area (Å²) in [5.41, 5.74) is 1.20. The third-order valence-corrected chi connectivity index (χ3v) is 2.15. The minimum Gasteiger partial charge on any atom is -0.478 e. The molecule has 3 heteroatoms. The number of allylic oxidation sites excluding steroid dienone is 1. The Labute approximate surface area is 74.3 Å². The Bertz CT molecular complexity index is 407. The number of rotatable bonds is 1. The Balaban J connectivity index is 2.56. The average Bonchev–Trinajstić information content (AvgIpc) is 2.48. The van der Waals surface area contributed by atoms with E-state index in [0.29, 0.717) is 17.5 Å². The van der Waals surface area contributed by atoms with E-state index < -0.39 is 5.97 Å². The molecule has 1 N–H and O–H groups in total. The highest BCUT2D eigenvalue weighted by molar-refractivity contribution is 6.17. The lowest BCUT2D eigenvalue weighted by Gasteiger charge is -2.01. The maximum absolute atomic E-state index is 13.1. The van der Waals surface area contributed by atoms with Crippen LogP contribution in [0.5, 0.6) is 0 Å². The van der Waals surface area contributed by atoms with E-state index in [1.165, 1.54) is 18.2 Å². The van der Waals surface area contributed by atoms with E-state index in [-0.39, 0.29) is 11.4 Å². The van der Waals surface area contributed by atoms with E-state index in [0.717, 1.165) is 0 Å². The summed E-state index contributed by atoms with van der Waals surface area (Å²) in [5.74, 6) is -1.32. The summed E-state index contributed by atoms with van der Waals surface area (Å²) in [4.78, 5) is 10.7. The lowest BCUT2D eigenvalue weighted by atomic mass is 10.1. The van der Waals surface area contributed by atoms with Crippen LogP contribution in [0.3, 0.4) is 0 Å². The summed E-state index contributed by atoms with van der Waals surface area (Å²) in [7, 11) is 0. The minimum atomic E-state index is -0.996. The zero-order chi connectivity index (χ0) is 9.42. The Morgan fingerprint density at radius 1 is 1.46 bits per heavy atom. The monoisotopic (exact) mass is 178 g/mol. The van der Waals surface area contributed by atoms with Gasteiger partial charge in [0.15, 0.2) is 0 Å². The fraction of sp³-hybridized carbons (Fsp3) is 0.100. The van der Waals surface area contributed by atoms with Crippen LogP contribution in [-0.4, -0.2) is 11.1 Å². The molecule has 0 amide bonds. The summed E-state index contributed by atoms with van der Waals surface area (Å²) in [6.45, 7) is 0. The molecule has 0 atom stereocenters. The van der Waals surface area contributed by atoms with Crippen LogP contribution in [0, 0.1) is 5.82 Å². The van der Waals surface area contributed by atoms with E-state index >= 15 is 0 Å². The van der Waals surface area contributed by atoms with Crippen LogP contribution in [0.25, 0.3) is 5.57 Å². The molecule has 13 heavy (non-hydrogen) atoms. The van der Waals surface area contributed by atoms with Gasteiger partial charge in [0.2, 0.25) is 0 Å². The molecule has 0 heterocycles. The molecule has 2 nitrogen and oxygen atoms in total. The number of carboxylic acid groups (broad SMARTS) is 1. The first-order valence-corrected chi connectivity index (χ1v) is 3.91. The second kappa shape index (κ2) is 2.69. The summed E-state index contributed by atoms with van der Waals surface area (Å²) < 4.78 is 13.1. The average molecular weight is 178 g/mol. The minimum absolute atomic E-state index is 0.203. The van der Waals surface area contributed by atoms with E-state index in [1.807, 2.05) is 0 Å². The summed E-state index contributed by atoms with van der Waals surface area (Å²) in [6, 6.07) is 4.50. The lowest BCUT2D eigenvalue weighted by molar-refractivity contribution is -0.130. The molecular weight excluding hydrogens is 171 g/mol. The van der Waals surface area contributed by atoms with Crippen molar-refractivity contribution in [2.75, 3.05) is 0 Å². The first kappa shape index (κ1) is 7.98. The van der Waals surface area contributed by atoms with Gasteiger partial charge in [0.05, 0.1) is 5.57 Å². The Morgan fingerprint density at radius 2 is 2.23 bits per heavy atom. The topological polar surface area (TPSA) is 37.3 Å². The van der Waals surface area contributed by atoms with E-state index in [1.54, 1.807) is 6.07 Å². The quantitative estimate of drug-likeness (QED) is 0.712. The Morgan fingerprint density at radius 3 is 2.92 bits per heavy atom. The zero-order valence-corrected chi connectivity index (χ0v) is 6.75. The first-order chi connectivity index (χ1) is 6.20. The van der Waals surface area contributed by atoms with Gasteiger partial charge in [-0.3, -0.25) is 0 Å². The maximum Gasteiger partial charge on any atom is 0.335 e. The van der Waals surface area contributed by atoms with Crippen LogP contribution >= 0.6 is 0 Å². The number of benzene rings is 1. The van der Waals surface area contributed by atoms with Gasteiger partial charge in [-0.25, -0.2) is 9.18 Å². The van der Waals surface area contributed by atoms with Crippen molar-refractivity contribution in [3.63, 3.8) is 0 Å². The second-order valence-corrected chi connectivity index (χ2v) is 2.89. The third-order valence-electron chi connectivity index (χ3n) is 2.15. The van der Waals surface area contributed by atoms with Crippen molar-refractivity contribution in [2.45, 2.75) is 6.42 Å². The van der Waals surface area contributed by atoms with Gasteiger partial charge in [0.25, 0.3) is 0 Å². The number of carbonyl (C=O) groups is 1. The summed E-state index contributed by atoms with van der Waals surface area (Å²) >= 11 is 0. The van der Waals surface area contributed by atoms with Crippen molar-refractivity contribution in [3.05, 3.63) is 41.2 Å². The van der Waals surface area contributed by atoms with Gasteiger partial charge >= 0.3 is 5.97 Å². The fourth-order valence-corrected chi connectivity index (χ4v) is 1.54. The predicted molar refractivity (Wildman–Crippen MR) is 45.7 cm³/mol. The second-order valence-electron chi connectivity index (χ2n) is 2.89. The van der Waals surface area contributed by atoms with Crippen LogP contribution in [-0.2, 0) is 11.2 Å². The van der Waals surface area contributed by atoms with Crippen molar-refractivity contribution in [3.8, 4) is 0 Å². The molecule has 1 aliphatic rings. The number of hydrogen-bond acceptors (Lipinski definition) is 1. The SMILES string of the molecule is O=C(O)C1=CCc2c(F)cccc21. The van der Waals surface area contributed by atoms with Crippen LogP contribution in [0.4, 0.5) is 4.39 Å². The van der Waals surface area contributed by atoms with E-state index in [9.17, 15) is 9.18 Å². The molecule has 1 aromatic rings. The summed E-state index contributed by atoms with van der Waals surface area (Å²) in [6.07, 6.45) is 1.92. The lowest BCUT2D eigenvalue weighted by Crippen LogP contribution is -1.98. The molecule has 0 aliphatic heterocycles. The standard InChI is InChI=1S/C10H7FO2/c11-9-3-1-2-6-7(9)4-5-8(6)10(12)13/h1-3,5H,4H2,(H,12,13). The predicted octanol–water partition coefficient (Wildman–Crippen LogP) is 1.85. The van der Waals surface area contributed by atoms with Gasteiger partial charge in [0.1, 0.15) is 5.82 Å². The van der Waals surface area contributed by atoms with Crippen LogP contribution in [0.2, 0.25) is 0 Å². The highest BCUT2D eigenvalue weighted by Gasteiger charge is 2.21. The van der Waals surface area contributed by atoms with Crippen LogP contribution in [0.1, 0.15) is 11.1 Å². The summed E-state index contributed by atoms with van der Waals surface area (Å²) in [5, 5.41) is 8.76. The number of fused-ring (bicyclic) bond motifs is 1. The van der Waals surface area contributed by atoms with Crippen molar-refractivity contribution in [1.29, 1.82) is 0 Å². The third kappa shape index (κ3) is 1.13. The normalized spacial score (nSPS) is 13.8. The van der Waals surface area contributed by atoms with Gasteiger partial charge in [-0.15, -0.1) is 0 Å². The number of hydrogen-bond donors (Lipinski definition) is 1. The number of halogens is 1. The molecule has 0 spiro atoms. The molecule has 2 rings (SSSR count).